The van der Waals surface area contributed by atoms with Crippen LogP contribution in [-0.2, 0) is 16.1 Å². The summed E-state index contributed by atoms with van der Waals surface area (Å²) in [6.07, 6.45) is 4.51. The Bertz CT molecular complexity index is 682. The maximum atomic E-state index is 11.9. The van der Waals surface area contributed by atoms with E-state index in [-0.39, 0.29) is 18.6 Å². The van der Waals surface area contributed by atoms with Crippen molar-refractivity contribution in [3.05, 3.63) is 29.3 Å². The van der Waals surface area contributed by atoms with Crippen LogP contribution in [0, 0.1) is 6.92 Å². The lowest BCUT2D eigenvalue weighted by Gasteiger charge is -2.15. The maximum Gasteiger partial charge on any atom is 0.239 e. The number of rotatable bonds is 9. The van der Waals surface area contributed by atoms with E-state index in [0.717, 1.165) is 55.7 Å². The standard InChI is InChI=1S/C21H32N4O3/c1-3-22-21(24-13-20(26)25-17-8-9-17)23-12-16-7-6-15(2)11-19(16)28-14-18-5-4-10-27-18/h6-7,11,17-18H,3-5,8-10,12-14H2,1-2H3,(H,25,26)(H2,22,23,24). The Morgan fingerprint density at radius 1 is 1.29 bits per heavy atom. The number of ether oxygens (including phenoxy) is 2. The monoisotopic (exact) mass is 388 g/mol. The van der Waals surface area contributed by atoms with Crippen LogP contribution in [0.5, 0.6) is 5.75 Å². The van der Waals surface area contributed by atoms with Crippen molar-refractivity contribution in [2.75, 3.05) is 26.3 Å². The highest BCUT2D eigenvalue weighted by atomic mass is 16.5. The molecule has 2 aliphatic rings. The van der Waals surface area contributed by atoms with E-state index in [1.165, 1.54) is 0 Å². The zero-order chi connectivity index (χ0) is 19.8. The number of aryl methyl sites for hydroxylation is 1. The van der Waals surface area contributed by atoms with Gasteiger partial charge >= 0.3 is 0 Å². The van der Waals surface area contributed by atoms with Gasteiger partial charge in [0, 0.05) is 24.8 Å². The molecule has 3 rings (SSSR count). The van der Waals surface area contributed by atoms with Gasteiger partial charge in [-0.3, -0.25) is 4.79 Å². The van der Waals surface area contributed by atoms with Crippen molar-refractivity contribution in [1.82, 2.24) is 16.0 Å². The smallest absolute Gasteiger partial charge is 0.239 e. The quantitative estimate of drug-likeness (QED) is 0.444. The molecule has 28 heavy (non-hydrogen) atoms. The number of benzene rings is 1. The second kappa shape index (κ2) is 10.3. The topological polar surface area (TPSA) is 84.0 Å². The molecule has 1 saturated carbocycles. The Hall–Kier alpha value is -2.28. The molecule has 1 aliphatic heterocycles. The van der Waals surface area contributed by atoms with Crippen molar-refractivity contribution in [2.24, 2.45) is 4.99 Å². The molecule has 1 amide bonds. The Balaban J connectivity index is 1.57. The predicted molar refractivity (Wildman–Crippen MR) is 110 cm³/mol. The molecule has 1 aromatic carbocycles. The highest BCUT2D eigenvalue weighted by Gasteiger charge is 2.23. The van der Waals surface area contributed by atoms with Gasteiger partial charge < -0.3 is 25.4 Å². The molecule has 1 saturated heterocycles. The number of carbonyl (C=O) groups is 1. The van der Waals surface area contributed by atoms with Gasteiger partial charge in [0.25, 0.3) is 0 Å². The van der Waals surface area contributed by atoms with Crippen molar-refractivity contribution in [1.29, 1.82) is 0 Å². The van der Waals surface area contributed by atoms with Crippen molar-refractivity contribution < 1.29 is 14.3 Å². The fourth-order valence-corrected chi connectivity index (χ4v) is 3.06. The minimum absolute atomic E-state index is 0.00373. The van der Waals surface area contributed by atoms with Crippen LogP contribution in [0.15, 0.2) is 23.2 Å². The molecule has 3 N–H and O–H groups in total. The van der Waals surface area contributed by atoms with Crippen LogP contribution in [0.4, 0.5) is 0 Å². The lowest BCUT2D eigenvalue weighted by atomic mass is 10.1. The second-order valence-electron chi connectivity index (χ2n) is 7.45. The van der Waals surface area contributed by atoms with Crippen LogP contribution >= 0.6 is 0 Å². The summed E-state index contributed by atoms with van der Waals surface area (Å²) in [5, 5.41) is 9.25. The maximum absolute atomic E-state index is 11.9. The second-order valence-corrected chi connectivity index (χ2v) is 7.45. The third-order valence-corrected chi connectivity index (χ3v) is 4.78. The van der Waals surface area contributed by atoms with Crippen LogP contribution in [0.25, 0.3) is 0 Å². The molecule has 1 aromatic rings. The zero-order valence-electron chi connectivity index (χ0n) is 16.9. The summed E-state index contributed by atoms with van der Waals surface area (Å²) in [6, 6.07) is 6.52. The van der Waals surface area contributed by atoms with E-state index < -0.39 is 0 Å². The number of guanidine groups is 1. The molecule has 1 unspecified atom stereocenters. The summed E-state index contributed by atoms with van der Waals surface area (Å²) in [5.74, 6) is 1.48. The molecule has 2 fully saturated rings. The first-order chi connectivity index (χ1) is 13.6. The summed E-state index contributed by atoms with van der Waals surface area (Å²) in [4.78, 5) is 16.5. The molecule has 1 aliphatic carbocycles. The largest absolute Gasteiger partial charge is 0.491 e. The van der Waals surface area contributed by atoms with E-state index in [9.17, 15) is 4.79 Å². The molecule has 7 heteroatoms. The summed E-state index contributed by atoms with van der Waals surface area (Å²) < 4.78 is 11.7. The molecule has 0 spiro atoms. The summed E-state index contributed by atoms with van der Waals surface area (Å²) in [5.41, 5.74) is 2.17. The van der Waals surface area contributed by atoms with Crippen LogP contribution in [-0.4, -0.2) is 50.3 Å². The van der Waals surface area contributed by atoms with Gasteiger partial charge in [-0.25, -0.2) is 4.99 Å². The molecule has 1 atom stereocenters. The summed E-state index contributed by atoms with van der Waals surface area (Å²) in [6.45, 7) is 6.87. The van der Waals surface area contributed by atoms with Gasteiger partial charge in [-0.2, -0.15) is 0 Å². The number of amides is 1. The Morgan fingerprint density at radius 3 is 2.86 bits per heavy atom. The molecular formula is C21H32N4O3. The van der Waals surface area contributed by atoms with Crippen molar-refractivity contribution in [3.8, 4) is 5.75 Å². The number of carbonyl (C=O) groups excluding carboxylic acids is 1. The van der Waals surface area contributed by atoms with Gasteiger partial charge in [0.05, 0.1) is 19.2 Å². The van der Waals surface area contributed by atoms with Crippen LogP contribution in [0.3, 0.4) is 0 Å². The van der Waals surface area contributed by atoms with Gasteiger partial charge in [0.15, 0.2) is 5.96 Å². The first kappa shape index (κ1) is 20.5. The van der Waals surface area contributed by atoms with Gasteiger partial charge in [0.1, 0.15) is 12.4 Å². The van der Waals surface area contributed by atoms with Gasteiger partial charge in [-0.1, -0.05) is 12.1 Å². The first-order valence-corrected chi connectivity index (χ1v) is 10.3. The molecule has 1 heterocycles. The van der Waals surface area contributed by atoms with Crippen LogP contribution in [0.2, 0.25) is 0 Å². The lowest BCUT2D eigenvalue weighted by Crippen LogP contribution is -2.43. The van der Waals surface area contributed by atoms with Gasteiger partial charge in [-0.15, -0.1) is 0 Å². The normalized spacial score (nSPS) is 19.4. The van der Waals surface area contributed by atoms with E-state index in [0.29, 0.717) is 25.2 Å². The van der Waals surface area contributed by atoms with Crippen LogP contribution < -0.4 is 20.7 Å². The molecule has 0 bridgehead atoms. The average molecular weight is 389 g/mol. The van der Waals surface area contributed by atoms with E-state index in [2.05, 4.69) is 33.9 Å². The fraction of sp³-hybridized carbons (Fsp3) is 0.619. The molecule has 0 radical (unpaired) electrons. The number of nitrogens with one attached hydrogen (secondary N) is 3. The molecular weight excluding hydrogens is 356 g/mol. The minimum Gasteiger partial charge on any atom is -0.491 e. The number of nitrogens with zero attached hydrogens (tertiary/aromatic N) is 1. The van der Waals surface area contributed by atoms with E-state index in [1.807, 2.05) is 19.1 Å². The van der Waals surface area contributed by atoms with Gasteiger partial charge in [0.2, 0.25) is 5.91 Å². The number of hydrogen-bond donors (Lipinski definition) is 3. The van der Waals surface area contributed by atoms with Crippen molar-refractivity contribution in [3.63, 3.8) is 0 Å². The third-order valence-electron chi connectivity index (χ3n) is 4.78. The highest BCUT2D eigenvalue weighted by molar-refractivity contribution is 5.86. The average Bonchev–Trinajstić information content (AvgIpc) is 3.33. The predicted octanol–water partition coefficient (Wildman–Crippen LogP) is 1.89. The van der Waals surface area contributed by atoms with Crippen molar-refractivity contribution in [2.45, 2.75) is 58.2 Å². The Morgan fingerprint density at radius 2 is 2.14 bits per heavy atom. The van der Waals surface area contributed by atoms with Crippen LogP contribution in [0.1, 0.15) is 43.7 Å². The Kier molecular flexibility index (Phi) is 7.54. The SMILES string of the molecule is CCNC(=NCc1ccc(C)cc1OCC1CCCO1)NCC(=O)NC1CC1. The van der Waals surface area contributed by atoms with E-state index >= 15 is 0 Å². The highest BCUT2D eigenvalue weighted by Crippen LogP contribution is 2.23. The van der Waals surface area contributed by atoms with Crippen molar-refractivity contribution >= 4 is 11.9 Å². The van der Waals surface area contributed by atoms with Gasteiger partial charge in [-0.05, 0) is 51.2 Å². The fourth-order valence-electron chi connectivity index (χ4n) is 3.06. The molecule has 154 valence electrons. The Labute approximate surface area is 167 Å². The molecule has 0 aromatic heterocycles. The lowest BCUT2D eigenvalue weighted by molar-refractivity contribution is -0.120. The first-order valence-electron chi connectivity index (χ1n) is 10.3. The summed E-state index contributed by atoms with van der Waals surface area (Å²) >= 11 is 0. The zero-order valence-corrected chi connectivity index (χ0v) is 16.9. The summed E-state index contributed by atoms with van der Waals surface area (Å²) in [7, 11) is 0. The minimum atomic E-state index is 0.00373. The van der Waals surface area contributed by atoms with E-state index in [4.69, 9.17) is 9.47 Å². The molecule has 7 nitrogen and oxygen atoms in total. The third kappa shape index (κ3) is 6.71. The number of hydrogen-bond acceptors (Lipinski definition) is 4. The van der Waals surface area contributed by atoms with E-state index in [1.54, 1.807) is 0 Å². The number of aliphatic imine (C=N–C) groups is 1.